The van der Waals surface area contributed by atoms with Crippen LogP contribution < -0.4 is 11.1 Å². The van der Waals surface area contributed by atoms with Crippen LogP contribution in [0.5, 0.6) is 0 Å². The zero-order valence-corrected chi connectivity index (χ0v) is 13.1. The van der Waals surface area contributed by atoms with Gasteiger partial charge < -0.3 is 11.1 Å². The number of nitrogens with two attached hydrogens (primary N) is 1. The lowest BCUT2D eigenvalue weighted by Gasteiger charge is -2.26. The Morgan fingerprint density at radius 1 is 1.33 bits per heavy atom. The summed E-state index contributed by atoms with van der Waals surface area (Å²) in [6, 6.07) is 8.40. The van der Waals surface area contributed by atoms with Gasteiger partial charge in [-0.05, 0) is 37.9 Å². The molecule has 4 nitrogen and oxygen atoms in total. The lowest BCUT2D eigenvalue weighted by molar-refractivity contribution is -0.126. The molecule has 4 heteroatoms. The fourth-order valence-electron chi connectivity index (χ4n) is 2.91. The topological polar surface area (TPSA) is 58.4 Å². The van der Waals surface area contributed by atoms with Crippen molar-refractivity contribution in [1.29, 1.82) is 0 Å². The minimum absolute atomic E-state index is 0.128. The van der Waals surface area contributed by atoms with Crippen molar-refractivity contribution < 1.29 is 4.79 Å². The van der Waals surface area contributed by atoms with Crippen molar-refractivity contribution in [3.63, 3.8) is 0 Å². The average Bonchev–Trinajstić information content (AvgIpc) is 2.99. The van der Waals surface area contributed by atoms with Crippen LogP contribution in [0.3, 0.4) is 0 Å². The summed E-state index contributed by atoms with van der Waals surface area (Å²) in [6.07, 6.45) is 4.72. The lowest BCUT2D eigenvalue weighted by Crippen LogP contribution is -2.46. The van der Waals surface area contributed by atoms with E-state index >= 15 is 0 Å². The molecular weight excluding hydrogens is 262 g/mol. The molecule has 1 fully saturated rings. The first-order valence-corrected chi connectivity index (χ1v) is 7.89. The van der Waals surface area contributed by atoms with Crippen molar-refractivity contribution in [3.8, 4) is 0 Å². The molecule has 0 aliphatic heterocycles. The number of amides is 1. The summed E-state index contributed by atoms with van der Waals surface area (Å²) in [5.41, 5.74) is 8.12. The monoisotopic (exact) mass is 289 g/mol. The van der Waals surface area contributed by atoms with Crippen LogP contribution in [0.25, 0.3) is 0 Å². The zero-order chi connectivity index (χ0) is 15.2. The first-order valence-electron chi connectivity index (χ1n) is 7.89. The summed E-state index contributed by atoms with van der Waals surface area (Å²) in [4.78, 5) is 14.4. The Hall–Kier alpha value is -1.39. The summed E-state index contributed by atoms with van der Waals surface area (Å²) in [5, 5.41) is 3.17. The van der Waals surface area contributed by atoms with Gasteiger partial charge in [0, 0.05) is 19.1 Å². The van der Waals surface area contributed by atoms with Crippen molar-refractivity contribution in [3.05, 3.63) is 35.4 Å². The van der Waals surface area contributed by atoms with E-state index in [1.54, 1.807) is 0 Å². The van der Waals surface area contributed by atoms with Gasteiger partial charge in [0.1, 0.15) is 0 Å². The first-order chi connectivity index (χ1) is 10.1. The molecule has 0 saturated heterocycles. The highest BCUT2D eigenvalue weighted by Gasteiger charge is 2.23. The third kappa shape index (κ3) is 4.29. The number of nitrogens with one attached hydrogen (secondary N) is 1. The molecule has 21 heavy (non-hydrogen) atoms. The first kappa shape index (κ1) is 16.0. The molecule has 0 heterocycles. The minimum Gasteiger partial charge on any atom is -0.352 e. The highest BCUT2D eigenvalue weighted by Crippen LogP contribution is 2.18. The van der Waals surface area contributed by atoms with Gasteiger partial charge in [-0.15, -0.1) is 0 Å². The van der Waals surface area contributed by atoms with E-state index in [-0.39, 0.29) is 11.9 Å². The molecule has 1 aromatic carbocycles. The predicted octanol–water partition coefficient (Wildman–Crippen LogP) is 2.02. The predicted molar refractivity (Wildman–Crippen MR) is 85.7 cm³/mol. The summed E-state index contributed by atoms with van der Waals surface area (Å²) >= 11 is 0. The number of hydrogen-bond donors (Lipinski definition) is 2. The zero-order valence-electron chi connectivity index (χ0n) is 13.1. The van der Waals surface area contributed by atoms with E-state index in [0.717, 1.165) is 24.9 Å². The summed E-state index contributed by atoms with van der Waals surface area (Å²) in [7, 11) is 1.99. The Kier molecular flexibility index (Phi) is 5.76. The second-order valence-electron chi connectivity index (χ2n) is 6.05. The van der Waals surface area contributed by atoms with Crippen LogP contribution in [-0.4, -0.2) is 29.9 Å². The third-order valence-electron chi connectivity index (χ3n) is 4.50. The number of hydrogen-bond acceptors (Lipinski definition) is 3. The van der Waals surface area contributed by atoms with E-state index in [9.17, 15) is 4.79 Å². The fraction of sp³-hybridized carbons (Fsp3) is 0.588. The molecule has 1 aliphatic rings. The van der Waals surface area contributed by atoms with Gasteiger partial charge in [0.25, 0.3) is 0 Å². The van der Waals surface area contributed by atoms with Gasteiger partial charge in [-0.25, -0.2) is 0 Å². The average molecular weight is 289 g/mol. The molecule has 1 amide bonds. The van der Waals surface area contributed by atoms with Crippen molar-refractivity contribution in [2.75, 3.05) is 7.05 Å². The third-order valence-corrected chi connectivity index (χ3v) is 4.50. The van der Waals surface area contributed by atoms with Crippen LogP contribution in [0.1, 0.15) is 43.7 Å². The Morgan fingerprint density at radius 3 is 2.57 bits per heavy atom. The van der Waals surface area contributed by atoms with Gasteiger partial charge in [-0.2, -0.15) is 0 Å². The normalized spacial score (nSPS) is 17.1. The van der Waals surface area contributed by atoms with Crippen molar-refractivity contribution in [1.82, 2.24) is 10.2 Å². The van der Waals surface area contributed by atoms with Crippen molar-refractivity contribution >= 4 is 5.91 Å². The number of carbonyl (C=O) groups excluding carboxylic acids is 1. The molecule has 0 radical (unpaired) electrons. The van der Waals surface area contributed by atoms with E-state index < -0.39 is 0 Å². The Bertz CT molecular complexity index is 469. The number of rotatable bonds is 6. The summed E-state index contributed by atoms with van der Waals surface area (Å²) in [6.45, 7) is 3.24. The molecule has 1 atom stereocenters. The molecule has 0 spiro atoms. The summed E-state index contributed by atoms with van der Waals surface area (Å²) < 4.78 is 0. The molecule has 0 aromatic heterocycles. The molecule has 116 valence electrons. The maximum absolute atomic E-state index is 12.3. The quantitative estimate of drug-likeness (QED) is 0.842. The van der Waals surface area contributed by atoms with Crippen LogP contribution in [0.2, 0.25) is 0 Å². The largest absolute Gasteiger partial charge is 0.352 e. The SMILES string of the molecule is CC(C(=O)NC1CCCC1)N(C)Cc1ccccc1CN. The van der Waals surface area contributed by atoms with Crippen molar-refractivity contribution in [2.45, 2.75) is 57.8 Å². The Labute approximate surface area is 127 Å². The van der Waals surface area contributed by atoms with Crippen LogP contribution in [0, 0.1) is 0 Å². The molecule has 2 rings (SSSR count). The molecule has 1 saturated carbocycles. The summed E-state index contributed by atoms with van der Waals surface area (Å²) in [5.74, 6) is 0.134. The highest BCUT2D eigenvalue weighted by molar-refractivity contribution is 5.81. The lowest BCUT2D eigenvalue weighted by atomic mass is 10.1. The Morgan fingerprint density at radius 2 is 1.95 bits per heavy atom. The number of benzene rings is 1. The second-order valence-corrected chi connectivity index (χ2v) is 6.05. The van der Waals surface area contributed by atoms with E-state index in [4.69, 9.17) is 5.73 Å². The molecule has 1 aromatic rings. The number of carbonyl (C=O) groups is 1. The smallest absolute Gasteiger partial charge is 0.237 e. The molecule has 3 N–H and O–H groups in total. The fourth-order valence-corrected chi connectivity index (χ4v) is 2.91. The van der Waals surface area contributed by atoms with Gasteiger partial charge >= 0.3 is 0 Å². The van der Waals surface area contributed by atoms with Crippen molar-refractivity contribution in [2.24, 2.45) is 5.73 Å². The Balaban J connectivity index is 1.92. The highest BCUT2D eigenvalue weighted by atomic mass is 16.2. The minimum atomic E-state index is -0.128. The maximum atomic E-state index is 12.3. The van der Waals surface area contributed by atoms with Gasteiger partial charge in [-0.1, -0.05) is 37.1 Å². The molecule has 1 aliphatic carbocycles. The van der Waals surface area contributed by atoms with Gasteiger partial charge in [-0.3, -0.25) is 9.69 Å². The van der Waals surface area contributed by atoms with Crippen LogP contribution in [0.4, 0.5) is 0 Å². The van der Waals surface area contributed by atoms with Gasteiger partial charge in [0.05, 0.1) is 6.04 Å². The standard InChI is InChI=1S/C17H27N3O/c1-13(17(21)19-16-9-5-6-10-16)20(2)12-15-8-4-3-7-14(15)11-18/h3-4,7-8,13,16H,5-6,9-12,18H2,1-2H3,(H,19,21). The maximum Gasteiger partial charge on any atom is 0.237 e. The second kappa shape index (κ2) is 7.57. The van der Waals surface area contributed by atoms with E-state index in [1.165, 1.54) is 18.4 Å². The number of likely N-dealkylation sites (N-methyl/N-ethyl adjacent to an activating group) is 1. The van der Waals surface area contributed by atoms with Gasteiger partial charge in [0.15, 0.2) is 0 Å². The molecule has 1 unspecified atom stereocenters. The van der Waals surface area contributed by atoms with Gasteiger partial charge in [0.2, 0.25) is 5.91 Å². The molecule has 0 bridgehead atoms. The number of nitrogens with zero attached hydrogens (tertiary/aromatic N) is 1. The van der Waals surface area contributed by atoms with Crippen LogP contribution in [0.15, 0.2) is 24.3 Å². The molecular formula is C17H27N3O. The van der Waals surface area contributed by atoms with Crippen LogP contribution in [-0.2, 0) is 17.9 Å². The van der Waals surface area contributed by atoms with E-state index in [2.05, 4.69) is 16.3 Å². The van der Waals surface area contributed by atoms with Crippen LogP contribution >= 0.6 is 0 Å². The van der Waals surface area contributed by atoms with E-state index in [1.807, 2.05) is 32.2 Å². The van der Waals surface area contributed by atoms with E-state index in [0.29, 0.717) is 12.6 Å².